The highest BCUT2D eigenvalue weighted by Gasteiger charge is 2.36. The number of aromatic hydroxyl groups is 1. The quantitative estimate of drug-likeness (QED) is 0.709. The fourth-order valence-electron chi connectivity index (χ4n) is 3.76. The number of fused-ring (bicyclic) bond motifs is 1. The zero-order valence-corrected chi connectivity index (χ0v) is 16.0. The summed E-state index contributed by atoms with van der Waals surface area (Å²) >= 11 is 1.50. The number of ether oxygens (including phenoxy) is 2. The number of hydrogen-bond acceptors (Lipinski definition) is 6. The van der Waals surface area contributed by atoms with Crippen molar-refractivity contribution >= 4 is 16.3 Å². The molecule has 0 amide bonds. The first-order chi connectivity index (χ1) is 12.6. The van der Waals surface area contributed by atoms with Gasteiger partial charge in [-0.05, 0) is 19.1 Å². The number of methoxy groups -OCH3 is 2. The van der Waals surface area contributed by atoms with Crippen LogP contribution in [0.3, 0.4) is 0 Å². The van der Waals surface area contributed by atoms with Crippen molar-refractivity contribution in [3.8, 4) is 17.4 Å². The molecule has 138 valence electrons. The molecule has 2 N–H and O–H groups in total. The minimum Gasteiger partial charge on any atom is -0.497 e. The predicted octanol–water partition coefficient (Wildman–Crippen LogP) is 1.59. The summed E-state index contributed by atoms with van der Waals surface area (Å²) in [5.41, 5.74) is 1.04. The van der Waals surface area contributed by atoms with Gasteiger partial charge in [-0.3, -0.25) is 0 Å². The summed E-state index contributed by atoms with van der Waals surface area (Å²) in [4.78, 5) is 7.43. The van der Waals surface area contributed by atoms with E-state index >= 15 is 0 Å². The number of benzene rings is 1. The van der Waals surface area contributed by atoms with E-state index in [0.29, 0.717) is 10.8 Å². The van der Waals surface area contributed by atoms with E-state index in [-0.39, 0.29) is 11.9 Å². The summed E-state index contributed by atoms with van der Waals surface area (Å²) in [5, 5.41) is 15.2. The van der Waals surface area contributed by atoms with E-state index in [0.717, 1.165) is 35.0 Å². The second-order valence-corrected chi connectivity index (χ2v) is 7.56. The maximum absolute atomic E-state index is 10.9. The molecular weight excluding hydrogens is 352 g/mol. The molecule has 0 unspecified atom stereocenters. The third-order valence-corrected chi connectivity index (χ3v) is 6.06. The molecule has 0 spiro atoms. The van der Waals surface area contributed by atoms with Crippen LogP contribution < -0.4 is 14.4 Å². The molecule has 2 aromatic heterocycles. The van der Waals surface area contributed by atoms with Crippen LogP contribution in [0, 0.1) is 6.92 Å². The van der Waals surface area contributed by atoms with Crippen LogP contribution in [-0.2, 0) is 0 Å². The molecule has 0 saturated carbocycles. The van der Waals surface area contributed by atoms with E-state index in [1.165, 1.54) is 33.6 Å². The molecule has 3 heterocycles. The lowest BCUT2D eigenvalue weighted by atomic mass is 10.0. The van der Waals surface area contributed by atoms with Gasteiger partial charge in [0.15, 0.2) is 6.04 Å². The third kappa shape index (κ3) is 2.79. The Balaban J connectivity index is 1.87. The fraction of sp³-hybridized carbons (Fsp3) is 0.444. The lowest BCUT2D eigenvalue weighted by Gasteiger charge is -2.25. The first-order valence-corrected chi connectivity index (χ1v) is 9.55. The van der Waals surface area contributed by atoms with Gasteiger partial charge in [0.05, 0.1) is 32.9 Å². The Morgan fingerprint density at radius 1 is 1.23 bits per heavy atom. The third-order valence-electron chi connectivity index (χ3n) is 4.97. The Labute approximate surface area is 155 Å². The average molecular weight is 375 g/mol. The highest BCUT2D eigenvalue weighted by Crippen LogP contribution is 2.39. The molecule has 3 aromatic rings. The normalized spacial score (nSPS) is 16.3. The molecule has 1 aliphatic rings. The van der Waals surface area contributed by atoms with Crippen LogP contribution in [-0.4, -0.2) is 47.0 Å². The van der Waals surface area contributed by atoms with Crippen LogP contribution in [0.25, 0.3) is 4.96 Å². The zero-order valence-electron chi connectivity index (χ0n) is 15.2. The highest BCUT2D eigenvalue weighted by molar-refractivity contribution is 7.17. The number of thiazole rings is 1. The van der Waals surface area contributed by atoms with Crippen LogP contribution >= 0.6 is 11.3 Å². The summed E-state index contributed by atoms with van der Waals surface area (Å²) < 4.78 is 12.5. The standard InChI is InChI=1S/C18H22N4O3S/c1-11-19-18-22(20-11)17(23)16(26-18)15(21-8-4-5-9-21)13-7-6-12(24-2)10-14(13)25-3/h6-7,10,15,23H,4-5,8-9H2,1-3H3/p+1/t15-/m1/s1. The van der Waals surface area contributed by atoms with Gasteiger partial charge in [-0.2, -0.15) is 4.52 Å². The Morgan fingerprint density at radius 2 is 2.00 bits per heavy atom. The monoisotopic (exact) mass is 375 g/mol. The molecule has 1 saturated heterocycles. The van der Waals surface area contributed by atoms with Crippen molar-refractivity contribution < 1.29 is 19.5 Å². The smallest absolute Gasteiger partial charge is 0.235 e. The SMILES string of the molecule is COc1ccc([C@H](c2sc3nc(C)nn3c2O)[NH+]2CCCC2)c(OC)c1. The van der Waals surface area contributed by atoms with Crippen LogP contribution in [0.5, 0.6) is 17.4 Å². The predicted molar refractivity (Wildman–Crippen MR) is 98.6 cm³/mol. The van der Waals surface area contributed by atoms with Crippen LogP contribution in [0.2, 0.25) is 0 Å². The molecule has 1 atom stereocenters. The van der Waals surface area contributed by atoms with Gasteiger partial charge in [0.1, 0.15) is 22.2 Å². The molecular formula is C18H23N4O3S+. The van der Waals surface area contributed by atoms with Gasteiger partial charge in [0.2, 0.25) is 10.8 Å². The highest BCUT2D eigenvalue weighted by atomic mass is 32.1. The Hall–Kier alpha value is -2.32. The Morgan fingerprint density at radius 3 is 2.65 bits per heavy atom. The molecule has 1 aromatic carbocycles. The second-order valence-electron chi connectivity index (χ2n) is 6.55. The minimum atomic E-state index is -0.0211. The fourth-order valence-corrected chi connectivity index (χ4v) is 4.93. The van der Waals surface area contributed by atoms with Crippen molar-refractivity contribution in [2.24, 2.45) is 0 Å². The number of nitrogens with zero attached hydrogens (tertiary/aromatic N) is 3. The van der Waals surface area contributed by atoms with Gasteiger partial charge in [-0.15, -0.1) is 5.10 Å². The zero-order chi connectivity index (χ0) is 18.3. The van der Waals surface area contributed by atoms with Gasteiger partial charge < -0.3 is 19.5 Å². The summed E-state index contributed by atoms with van der Waals surface area (Å²) in [5.74, 6) is 2.35. The molecule has 0 radical (unpaired) electrons. The number of aromatic nitrogens is 3. The molecule has 0 bridgehead atoms. The number of rotatable bonds is 5. The summed E-state index contributed by atoms with van der Waals surface area (Å²) in [6.45, 7) is 3.95. The van der Waals surface area contributed by atoms with E-state index in [9.17, 15) is 5.11 Å². The van der Waals surface area contributed by atoms with E-state index < -0.39 is 0 Å². The van der Waals surface area contributed by atoms with Gasteiger partial charge in [0, 0.05) is 18.9 Å². The lowest BCUT2D eigenvalue weighted by Crippen LogP contribution is -3.10. The van der Waals surface area contributed by atoms with E-state index in [2.05, 4.69) is 10.1 Å². The maximum atomic E-state index is 10.9. The topological polar surface area (TPSA) is 73.3 Å². The summed E-state index contributed by atoms with van der Waals surface area (Å²) in [6, 6.07) is 5.86. The summed E-state index contributed by atoms with van der Waals surface area (Å²) in [7, 11) is 3.31. The van der Waals surface area contributed by atoms with Gasteiger partial charge in [0.25, 0.3) is 0 Å². The van der Waals surface area contributed by atoms with Crippen molar-refractivity contribution in [1.29, 1.82) is 0 Å². The maximum Gasteiger partial charge on any atom is 0.235 e. The number of aryl methyl sites for hydroxylation is 1. The molecule has 8 heteroatoms. The number of quaternary nitrogens is 1. The second kappa shape index (κ2) is 6.77. The first-order valence-electron chi connectivity index (χ1n) is 8.74. The van der Waals surface area contributed by atoms with Crippen molar-refractivity contribution in [2.45, 2.75) is 25.8 Å². The largest absolute Gasteiger partial charge is 0.497 e. The van der Waals surface area contributed by atoms with Crippen LogP contribution in [0.4, 0.5) is 0 Å². The molecule has 0 aliphatic carbocycles. The van der Waals surface area contributed by atoms with E-state index in [1.54, 1.807) is 14.2 Å². The Bertz CT molecular complexity index is 930. The molecule has 1 aliphatic heterocycles. The molecule has 1 fully saturated rings. The van der Waals surface area contributed by atoms with Gasteiger partial charge in [-0.25, -0.2) is 4.98 Å². The Kier molecular flexibility index (Phi) is 4.46. The van der Waals surface area contributed by atoms with Crippen LogP contribution in [0.1, 0.15) is 35.1 Å². The average Bonchev–Trinajstić information content (AvgIpc) is 3.35. The number of nitrogens with one attached hydrogen (secondary N) is 1. The van der Waals surface area contributed by atoms with Crippen LogP contribution in [0.15, 0.2) is 18.2 Å². The van der Waals surface area contributed by atoms with E-state index in [4.69, 9.17) is 9.47 Å². The number of likely N-dealkylation sites (tertiary alicyclic amines) is 1. The van der Waals surface area contributed by atoms with Gasteiger partial charge in [-0.1, -0.05) is 11.3 Å². The van der Waals surface area contributed by atoms with E-state index in [1.807, 2.05) is 25.1 Å². The van der Waals surface area contributed by atoms with Crippen molar-refractivity contribution in [2.75, 3.05) is 27.3 Å². The minimum absolute atomic E-state index is 0.0211. The summed E-state index contributed by atoms with van der Waals surface area (Å²) in [6.07, 6.45) is 2.37. The van der Waals surface area contributed by atoms with Crippen molar-refractivity contribution in [3.05, 3.63) is 34.5 Å². The molecule has 4 rings (SSSR count). The lowest BCUT2D eigenvalue weighted by molar-refractivity contribution is -0.913. The number of hydrogen-bond donors (Lipinski definition) is 2. The molecule has 7 nitrogen and oxygen atoms in total. The van der Waals surface area contributed by atoms with Crippen molar-refractivity contribution in [1.82, 2.24) is 14.6 Å². The van der Waals surface area contributed by atoms with Crippen molar-refractivity contribution in [3.63, 3.8) is 0 Å². The van der Waals surface area contributed by atoms with Gasteiger partial charge >= 0.3 is 0 Å². The molecule has 26 heavy (non-hydrogen) atoms. The first kappa shape index (κ1) is 17.1.